The van der Waals surface area contributed by atoms with Gasteiger partial charge in [-0.05, 0) is 54.7 Å². The fraction of sp³-hybridized carbons (Fsp3) is 0.208. The van der Waals surface area contributed by atoms with Crippen LogP contribution in [0.1, 0.15) is 22.3 Å². The number of carboxylic acids is 1. The van der Waals surface area contributed by atoms with Gasteiger partial charge in [-0.2, -0.15) is 4.72 Å². The molecule has 0 heterocycles. The zero-order chi connectivity index (χ0) is 22.8. The molecule has 31 heavy (non-hydrogen) atoms. The number of carboxylic acid groups (broad SMARTS) is 1. The Morgan fingerprint density at radius 3 is 2.13 bits per heavy atom. The van der Waals surface area contributed by atoms with E-state index in [-0.39, 0.29) is 11.3 Å². The summed E-state index contributed by atoms with van der Waals surface area (Å²) in [5.74, 6) is -1.27. The van der Waals surface area contributed by atoms with Gasteiger partial charge in [0.2, 0.25) is 10.0 Å². The van der Waals surface area contributed by atoms with Crippen LogP contribution in [-0.4, -0.2) is 25.5 Å². The number of hydrogen-bond acceptors (Lipinski definition) is 4. The molecule has 0 unspecified atom stereocenters. The van der Waals surface area contributed by atoms with Crippen LogP contribution in [0.4, 0.5) is 5.69 Å². The minimum atomic E-state index is -4.04. The van der Waals surface area contributed by atoms with E-state index in [1.165, 1.54) is 0 Å². The monoisotopic (exact) mass is 438 g/mol. The van der Waals surface area contributed by atoms with Crippen molar-refractivity contribution in [2.45, 2.75) is 38.1 Å². The molecule has 6 nitrogen and oxygen atoms in total. The highest BCUT2D eigenvalue weighted by Gasteiger charge is 2.28. The SMILES string of the molecule is Cc1cc(C)c(S(=O)(=O)N[C@@H](Cc2ccc(-c3ccccc3)cc2N)C(=O)O)c(C)c1. The lowest BCUT2D eigenvalue weighted by Gasteiger charge is -2.19. The van der Waals surface area contributed by atoms with Crippen LogP contribution >= 0.6 is 0 Å². The molecule has 0 aliphatic heterocycles. The van der Waals surface area contributed by atoms with Gasteiger partial charge in [0, 0.05) is 12.1 Å². The summed E-state index contributed by atoms with van der Waals surface area (Å²) < 4.78 is 28.4. The second-order valence-corrected chi connectivity index (χ2v) is 9.37. The Hall–Kier alpha value is -3.16. The molecule has 0 radical (unpaired) electrons. The Balaban J connectivity index is 1.88. The van der Waals surface area contributed by atoms with Crippen LogP contribution in [0.15, 0.2) is 65.6 Å². The molecule has 0 aromatic heterocycles. The highest BCUT2D eigenvalue weighted by molar-refractivity contribution is 7.89. The normalized spacial score (nSPS) is 12.5. The van der Waals surface area contributed by atoms with Gasteiger partial charge in [0.15, 0.2) is 0 Å². The van der Waals surface area contributed by atoms with Crippen molar-refractivity contribution in [1.29, 1.82) is 0 Å². The zero-order valence-electron chi connectivity index (χ0n) is 17.7. The van der Waals surface area contributed by atoms with Crippen LogP contribution in [0.25, 0.3) is 11.1 Å². The molecule has 7 heteroatoms. The summed E-state index contributed by atoms with van der Waals surface area (Å²) in [7, 11) is -4.04. The van der Waals surface area contributed by atoms with E-state index < -0.39 is 22.0 Å². The minimum Gasteiger partial charge on any atom is -0.480 e. The number of hydrogen-bond donors (Lipinski definition) is 3. The quantitative estimate of drug-likeness (QED) is 0.486. The number of aryl methyl sites for hydroxylation is 3. The Kier molecular flexibility index (Phi) is 6.48. The molecule has 0 spiro atoms. The van der Waals surface area contributed by atoms with Crippen molar-refractivity contribution in [3.8, 4) is 11.1 Å². The largest absolute Gasteiger partial charge is 0.480 e. The first-order chi connectivity index (χ1) is 14.6. The highest BCUT2D eigenvalue weighted by Crippen LogP contribution is 2.26. The Morgan fingerprint density at radius 2 is 1.58 bits per heavy atom. The molecule has 0 aliphatic carbocycles. The van der Waals surface area contributed by atoms with Crippen molar-refractivity contribution >= 4 is 21.7 Å². The topological polar surface area (TPSA) is 109 Å². The summed E-state index contributed by atoms with van der Waals surface area (Å²) >= 11 is 0. The Morgan fingerprint density at radius 1 is 0.968 bits per heavy atom. The van der Waals surface area contributed by atoms with Gasteiger partial charge in [0.05, 0.1) is 4.90 Å². The second kappa shape index (κ2) is 8.91. The van der Waals surface area contributed by atoms with E-state index >= 15 is 0 Å². The molecule has 0 aliphatic rings. The number of nitrogens with one attached hydrogen (secondary N) is 1. The van der Waals surface area contributed by atoms with Crippen molar-refractivity contribution in [2.75, 3.05) is 5.73 Å². The van der Waals surface area contributed by atoms with Crippen LogP contribution in [0, 0.1) is 20.8 Å². The van der Waals surface area contributed by atoms with Gasteiger partial charge in [-0.15, -0.1) is 0 Å². The maximum Gasteiger partial charge on any atom is 0.322 e. The van der Waals surface area contributed by atoms with Gasteiger partial charge >= 0.3 is 5.97 Å². The Labute approximate surface area is 182 Å². The molecule has 1 atom stereocenters. The molecule has 3 rings (SSSR count). The summed E-state index contributed by atoms with van der Waals surface area (Å²) in [5, 5.41) is 9.68. The average Bonchev–Trinajstić information content (AvgIpc) is 2.68. The van der Waals surface area contributed by atoms with Crippen molar-refractivity contribution in [3.05, 3.63) is 82.9 Å². The number of aliphatic carboxylic acids is 1. The fourth-order valence-corrected chi connectivity index (χ4v) is 5.47. The molecule has 0 saturated heterocycles. The van der Waals surface area contributed by atoms with Crippen LogP contribution in [0.5, 0.6) is 0 Å². The van der Waals surface area contributed by atoms with Crippen molar-refractivity contribution in [1.82, 2.24) is 4.72 Å². The molecule has 3 aromatic rings. The zero-order valence-corrected chi connectivity index (χ0v) is 18.5. The van der Waals surface area contributed by atoms with Gasteiger partial charge < -0.3 is 10.8 Å². The summed E-state index contributed by atoms with van der Waals surface area (Å²) in [4.78, 5) is 12.0. The molecule has 0 bridgehead atoms. The van der Waals surface area contributed by atoms with Crippen LogP contribution in [-0.2, 0) is 21.2 Å². The van der Waals surface area contributed by atoms with Crippen molar-refractivity contribution in [3.63, 3.8) is 0 Å². The fourth-order valence-electron chi connectivity index (χ4n) is 3.83. The summed E-state index contributed by atoms with van der Waals surface area (Å²) in [6, 6.07) is 17.2. The van der Waals surface area contributed by atoms with E-state index in [0.717, 1.165) is 16.7 Å². The van der Waals surface area contributed by atoms with Crippen molar-refractivity contribution in [2.24, 2.45) is 0 Å². The maximum atomic E-state index is 13.0. The lowest BCUT2D eigenvalue weighted by molar-refractivity contribution is -0.138. The van der Waals surface area contributed by atoms with E-state index in [1.807, 2.05) is 43.3 Å². The maximum absolute atomic E-state index is 13.0. The van der Waals surface area contributed by atoms with E-state index in [2.05, 4.69) is 4.72 Å². The lowest BCUT2D eigenvalue weighted by Crippen LogP contribution is -2.42. The number of benzene rings is 3. The van der Waals surface area contributed by atoms with E-state index in [1.54, 1.807) is 38.1 Å². The third-order valence-corrected chi connectivity index (χ3v) is 6.92. The molecule has 0 saturated carbocycles. The first-order valence-corrected chi connectivity index (χ1v) is 11.3. The number of anilines is 1. The first-order valence-electron chi connectivity index (χ1n) is 9.85. The average molecular weight is 439 g/mol. The number of sulfonamides is 1. The predicted octanol–water partition coefficient (Wildman–Crippen LogP) is 3.84. The molecular formula is C24H26N2O4S. The predicted molar refractivity (Wildman–Crippen MR) is 122 cm³/mol. The van der Waals surface area contributed by atoms with Crippen LogP contribution in [0.3, 0.4) is 0 Å². The van der Waals surface area contributed by atoms with Crippen LogP contribution < -0.4 is 10.5 Å². The molecule has 0 fully saturated rings. The standard InChI is InChI=1S/C24H26N2O4S/c1-15-11-16(2)23(17(3)12-15)31(29,30)26-22(24(27)28)14-20-10-9-19(13-21(20)25)18-7-5-4-6-8-18/h4-13,22,26H,14,25H2,1-3H3,(H,27,28)/t22-/m0/s1. The van der Waals surface area contributed by atoms with Crippen molar-refractivity contribution < 1.29 is 18.3 Å². The number of nitrogen functional groups attached to an aromatic ring is 1. The van der Waals surface area contributed by atoms with Gasteiger partial charge in [-0.1, -0.05) is 60.2 Å². The summed E-state index contributed by atoms with van der Waals surface area (Å²) in [6.07, 6.45) is -0.0700. The highest BCUT2D eigenvalue weighted by atomic mass is 32.2. The number of nitrogens with two attached hydrogens (primary N) is 1. The smallest absolute Gasteiger partial charge is 0.322 e. The summed E-state index contributed by atoms with van der Waals surface area (Å²) in [5.41, 5.74) is 11.1. The van der Waals surface area contributed by atoms with E-state index in [9.17, 15) is 18.3 Å². The van der Waals surface area contributed by atoms with E-state index in [4.69, 9.17) is 5.73 Å². The molecule has 0 amide bonds. The second-order valence-electron chi connectivity index (χ2n) is 7.72. The molecular weight excluding hydrogens is 412 g/mol. The van der Waals surface area contributed by atoms with Crippen LogP contribution in [0.2, 0.25) is 0 Å². The third kappa shape index (κ3) is 5.13. The molecule has 162 valence electrons. The molecule has 3 aromatic carbocycles. The van der Waals surface area contributed by atoms with Gasteiger partial charge in [-0.25, -0.2) is 8.42 Å². The number of carbonyl (C=O) groups is 1. The van der Waals surface area contributed by atoms with Gasteiger partial charge in [-0.3, -0.25) is 4.79 Å². The lowest BCUT2D eigenvalue weighted by atomic mass is 9.99. The Bertz CT molecular complexity index is 1200. The molecule has 4 N–H and O–H groups in total. The first kappa shape index (κ1) is 22.5. The van der Waals surface area contributed by atoms with Gasteiger partial charge in [0.1, 0.15) is 6.04 Å². The summed E-state index contributed by atoms with van der Waals surface area (Å²) in [6.45, 7) is 5.28. The minimum absolute atomic E-state index is 0.0700. The van der Waals surface area contributed by atoms with E-state index in [0.29, 0.717) is 22.4 Å². The number of rotatable bonds is 7. The van der Waals surface area contributed by atoms with Gasteiger partial charge in [0.25, 0.3) is 0 Å². The third-order valence-electron chi connectivity index (χ3n) is 5.15.